The van der Waals surface area contributed by atoms with Crippen LogP contribution in [0.5, 0.6) is 5.75 Å². The molecule has 1 aromatic carbocycles. The van der Waals surface area contributed by atoms with Crippen LogP contribution in [0.4, 0.5) is 4.79 Å². The van der Waals surface area contributed by atoms with Gasteiger partial charge in [-0.2, -0.15) is 0 Å². The SMILES string of the molecule is CC(C)(C)OC(=O)N1CCC(COc2ccc(/C=N\O)cc2)CC1. The van der Waals surface area contributed by atoms with Crippen LogP contribution in [0.2, 0.25) is 0 Å². The molecule has 2 rings (SSSR count). The molecular formula is C18H26N2O4. The predicted molar refractivity (Wildman–Crippen MR) is 91.8 cm³/mol. The zero-order chi connectivity index (χ0) is 17.6. The van der Waals surface area contributed by atoms with E-state index in [1.165, 1.54) is 6.21 Å². The number of hydrogen-bond donors (Lipinski definition) is 1. The molecule has 1 aromatic rings. The summed E-state index contributed by atoms with van der Waals surface area (Å²) in [6, 6.07) is 7.38. The highest BCUT2D eigenvalue weighted by Crippen LogP contribution is 2.21. The quantitative estimate of drug-likeness (QED) is 0.519. The van der Waals surface area contributed by atoms with Gasteiger partial charge in [0.1, 0.15) is 11.4 Å². The second kappa shape index (κ2) is 8.04. The summed E-state index contributed by atoms with van der Waals surface area (Å²) in [5, 5.41) is 11.5. The van der Waals surface area contributed by atoms with Crippen LogP contribution in [0.1, 0.15) is 39.2 Å². The van der Waals surface area contributed by atoms with E-state index in [0.29, 0.717) is 25.6 Å². The summed E-state index contributed by atoms with van der Waals surface area (Å²) in [4.78, 5) is 13.8. The van der Waals surface area contributed by atoms with Gasteiger partial charge in [-0.3, -0.25) is 0 Å². The molecule has 1 heterocycles. The van der Waals surface area contributed by atoms with Gasteiger partial charge in [0.15, 0.2) is 0 Å². The van der Waals surface area contributed by atoms with E-state index in [2.05, 4.69) is 5.16 Å². The fourth-order valence-corrected chi connectivity index (χ4v) is 2.54. The van der Waals surface area contributed by atoms with Crippen LogP contribution in [0.3, 0.4) is 0 Å². The van der Waals surface area contributed by atoms with E-state index in [4.69, 9.17) is 14.7 Å². The maximum Gasteiger partial charge on any atom is 0.410 e. The molecule has 24 heavy (non-hydrogen) atoms. The van der Waals surface area contributed by atoms with E-state index in [0.717, 1.165) is 24.2 Å². The number of ether oxygens (including phenoxy) is 2. The molecule has 0 spiro atoms. The molecule has 6 nitrogen and oxygen atoms in total. The van der Waals surface area contributed by atoms with Crippen molar-refractivity contribution in [3.63, 3.8) is 0 Å². The molecule has 6 heteroatoms. The number of likely N-dealkylation sites (tertiary alicyclic amines) is 1. The lowest BCUT2D eigenvalue weighted by Crippen LogP contribution is -2.42. The molecule has 1 fully saturated rings. The first-order valence-corrected chi connectivity index (χ1v) is 8.25. The summed E-state index contributed by atoms with van der Waals surface area (Å²) in [5.41, 5.74) is 0.361. The highest BCUT2D eigenvalue weighted by molar-refractivity contribution is 5.79. The van der Waals surface area contributed by atoms with Crippen molar-refractivity contribution in [2.75, 3.05) is 19.7 Å². The minimum absolute atomic E-state index is 0.233. The number of oxime groups is 1. The lowest BCUT2D eigenvalue weighted by molar-refractivity contribution is 0.0165. The second-order valence-electron chi connectivity index (χ2n) is 7.04. The molecule has 0 bridgehead atoms. The van der Waals surface area contributed by atoms with Crippen molar-refractivity contribution in [2.45, 2.75) is 39.2 Å². The number of hydrogen-bond acceptors (Lipinski definition) is 5. The van der Waals surface area contributed by atoms with Crippen LogP contribution >= 0.6 is 0 Å². The van der Waals surface area contributed by atoms with E-state index >= 15 is 0 Å². The average Bonchev–Trinajstić information content (AvgIpc) is 2.53. The first-order chi connectivity index (χ1) is 11.4. The molecule has 132 valence electrons. The van der Waals surface area contributed by atoms with Crippen LogP contribution in [-0.4, -0.2) is 47.7 Å². The minimum Gasteiger partial charge on any atom is -0.493 e. The summed E-state index contributed by atoms with van der Waals surface area (Å²) in [6.45, 7) is 7.68. The van der Waals surface area contributed by atoms with Gasteiger partial charge in [-0.1, -0.05) is 5.16 Å². The molecule has 1 saturated heterocycles. The van der Waals surface area contributed by atoms with Crippen molar-refractivity contribution in [3.8, 4) is 5.75 Å². The molecule has 0 saturated carbocycles. The monoisotopic (exact) mass is 334 g/mol. The van der Waals surface area contributed by atoms with Gasteiger partial charge < -0.3 is 19.6 Å². The first kappa shape index (κ1) is 18.1. The van der Waals surface area contributed by atoms with E-state index in [1.54, 1.807) is 4.90 Å². The minimum atomic E-state index is -0.454. The Bertz CT molecular complexity index is 555. The molecule has 0 unspecified atom stereocenters. The van der Waals surface area contributed by atoms with E-state index < -0.39 is 5.60 Å². The number of benzene rings is 1. The number of carbonyl (C=O) groups is 1. The van der Waals surface area contributed by atoms with Crippen molar-refractivity contribution in [3.05, 3.63) is 29.8 Å². The fourth-order valence-electron chi connectivity index (χ4n) is 2.54. The number of rotatable bonds is 4. The largest absolute Gasteiger partial charge is 0.493 e. The Morgan fingerprint density at radius 2 is 1.92 bits per heavy atom. The molecule has 1 aliphatic rings. The molecule has 1 N–H and O–H groups in total. The summed E-state index contributed by atoms with van der Waals surface area (Å²) < 4.78 is 11.2. The van der Waals surface area contributed by atoms with Crippen molar-refractivity contribution in [1.29, 1.82) is 0 Å². The predicted octanol–water partition coefficient (Wildman–Crippen LogP) is 3.52. The van der Waals surface area contributed by atoms with E-state index in [9.17, 15) is 4.79 Å². The van der Waals surface area contributed by atoms with Crippen molar-refractivity contribution in [2.24, 2.45) is 11.1 Å². The van der Waals surface area contributed by atoms with Crippen LogP contribution in [-0.2, 0) is 4.74 Å². The molecule has 1 aliphatic heterocycles. The van der Waals surface area contributed by atoms with Crippen molar-refractivity contribution in [1.82, 2.24) is 4.90 Å². The van der Waals surface area contributed by atoms with E-state index in [1.807, 2.05) is 45.0 Å². The zero-order valence-electron chi connectivity index (χ0n) is 14.6. The third kappa shape index (κ3) is 5.76. The maximum absolute atomic E-state index is 12.0. The first-order valence-electron chi connectivity index (χ1n) is 8.25. The van der Waals surface area contributed by atoms with Gasteiger partial charge in [-0.05, 0) is 69.4 Å². The van der Waals surface area contributed by atoms with Gasteiger partial charge >= 0.3 is 6.09 Å². The summed E-state index contributed by atoms with van der Waals surface area (Å²) in [6.07, 6.45) is 2.96. The maximum atomic E-state index is 12.0. The molecular weight excluding hydrogens is 308 g/mol. The molecule has 0 atom stereocenters. The number of nitrogens with zero attached hydrogens (tertiary/aromatic N) is 2. The van der Waals surface area contributed by atoms with Gasteiger partial charge in [-0.15, -0.1) is 0 Å². The molecule has 1 amide bonds. The Morgan fingerprint density at radius 3 is 2.46 bits per heavy atom. The Labute approximate surface area is 143 Å². The zero-order valence-corrected chi connectivity index (χ0v) is 14.6. The number of amides is 1. The number of piperidine rings is 1. The third-order valence-electron chi connectivity index (χ3n) is 3.84. The van der Waals surface area contributed by atoms with Crippen LogP contribution < -0.4 is 4.74 Å². The molecule has 0 radical (unpaired) electrons. The second-order valence-corrected chi connectivity index (χ2v) is 7.04. The van der Waals surface area contributed by atoms with Gasteiger partial charge in [0.2, 0.25) is 0 Å². The third-order valence-corrected chi connectivity index (χ3v) is 3.84. The molecule has 0 aliphatic carbocycles. The Balaban J connectivity index is 1.74. The summed E-state index contributed by atoms with van der Waals surface area (Å²) >= 11 is 0. The average molecular weight is 334 g/mol. The fraction of sp³-hybridized carbons (Fsp3) is 0.556. The lowest BCUT2D eigenvalue weighted by Gasteiger charge is -2.33. The van der Waals surface area contributed by atoms with Crippen LogP contribution in [0.25, 0.3) is 0 Å². The summed E-state index contributed by atoms with van der Waals surface area (Å²) in [5.74, 6) is 1.22. The van der Waals surface area contributed by atoms with Gasteiger partial charge in [0.25, 0.3) is 0 Å². The van der Waals surface area contributed by atoms with Gasteiger partial charge in [0, 0.05) is 13.1 Å². The van der Waals surface area contributed by atoms with Crippen molar-refractivity contribution < 1.29 is 19.5 Å². The van der Waals surface area contributed by atoms with Crippen molar-refractivity contribution >= 4 is 12.3 Å². The van der Waals surface area contributed by atoms with Gasteiger partial charge in [0.05, 0.1) is 12.8 Å². The van der Waals surface area contributed by atoms with Gasteiger partial charge in [-0.25, -0.2) is 4.79 Å². The van der Waals surface area contributed by atoms with Crippen LogP contribution in [0, 0.1) is 5.92 Å². The molecule has 0 aromatic heterocycles. The number of carbonyl (C=O) groups excluding carboxylic acids is 1. The normalized spacial score (nSPS) is 16.4. The highest BCUT2D eigenvalue weighted by atomic mass is 16.6. The standard InChI is InChI=1S/C18H26N2O4/c1-18(2,3)24-17(21)20-10-8-15(9-11-20)13-23-16-6-4-14(5-7-16)12-19-22/h4-7,12,15,22H,8-11,13H2,1-3H3/b19-12-. The highest BCUT2D eigenvalue weighted by Gasteiger charge is 2.27. The Hall–Kier alpha value is -2.24. The van der Waals surface area contributed by atoms with Crippen LogP contribution in [0.15, 0.2) is 29.4 Å². The lowest BCUT2D eigenvalue weighted by atomic mass is 9.98. The topological polar surface area (TPSA) is 71.4 Å². The Kier molecular flexibility index (Phi) is 6.06. The smallest absolute Gasteiger partial charge is 0.410 e. The van der Waals surface area contributed by atoms with E-state index in [-0.39, 0.29) is 6.09 Å². The summed E-state index contributed by atoms with van der Waals surface area (Å²) in [7, 11) is 0. The Morgan fingerprint density at radius 1 is 1.29 bits per heavy atom.